The lowest BCUT2D eigenvalue weighted by molar-refractivity contribution is -0.283. The molecule has 15 heavy (non-hydrogen) atoms. The maximum atomic E-state index is 10.7. The van der Waals surface area contributed by atoms with Gasteiger partial charge in [0.1, 0.15) is 12.7 Å². The smallest absolute Gasteiger partial charge is 0.345 e. The van der Waals surface area contributed by atoms with Crippen molar-refractivity contribution in [2.75, 3.05) is 13.2 Å². The fourth-order valence-electron chi connectivity index (χ4n) is 0.510. The third kappa shape index (κ3) is 6.80. The van der Waals surface area contributed by atoms with Crippen molar-refractivity contribution in [3.63, 3.8) is 0 Å². The third-order valence-electron chi connectivity index (χ3n) is 1.27. The van der Waals surface area contributed by atoms with Crippen LogP contribution in [0.3, 0.4) is 0 Å². The molecule has 0 aromatic rings. The maximum absolute atomic E-state index is 10.7. The molecule has 2 atom stereocenters. The highest BCUT2D eigenvalue weighted by Crippen LogP contribution is 1.96. The Bertz CT molecular complexity index is 215. The summed E-state index contributed by atoms with van der Waals surface area (Å²) in [5.74, 6) is -2.64. The summed E-state index contributed by atoms with van der Waals surface area (Å²) < 4.78 is 0. The van der Waals surface area contributed by atoms with Crippen molar-refractivity contribution in [2.45, 2.75) is 18.6 Å². The number of aliphatic hydroxyl groups is 3. The largest absolute Gasteiger partial charge is 0.479 e. The molecule has 0 aliphatic carbocycles. The van der Waals surface area contributed by atoms with Gasteiger partial charge in [-0.25, -0.2) is 9.59 Å². The zero-order valence-electron chi connectivity index (χ0n) is 7.70. The first-order valence-corrected chi connectivity index (χ1v) is 3.99. The summed E-state index contributed by atoms with van der Waals surface area (Å²) in [4.78, 5) is 29.0. The summed E-state index contributed by atoms with van der Waals surface area (Å²) in [5, 5.41) is 34.0. The normalized spacial score (nSPS) is 14.3. The van der Waals surface area contributed by atoms with Crippen molar-refractivity contribution in [3.05, 3.63) is 0 Å². The fraction of sp³-hybridized carbons (Fsp3) is 0.714. The summed E-state index contributed by atoms with van der Waals surface area (Å²) in [6, 6.07) is 0. The van der Waals surface area contributed by atoms with Crippen LogP contribution in [0, 0.1) is 0 Å². The van der Waals surface area contributed by atoms with Crippen molar-refractivity contribution < 1.29 is 39.8 Å². The first-order valence-electron chi connectivity index (χ1n) is 3.99. The number of rotatable bonds is 7. The van der Waals surface area contributed by atoms with Crippen molar-refractivity contribution in [1.82, 2.24) is 0 Å². The van der Waals surface area contributed by atoms with E-state index in [0.717, 1.165) is 0 Å². The van der Waals surface area contributed by atoms with Crippen LogP contribution in [-0.4, -0.2) is 57.8 Å². The van der Waals surface area contributed by atoms with Gasteiger partial charge in [-0.1, -0.05) is 0 Å². The zero-order chi connectivity index (χ0) is 11.8. The van der Waals surface area contributed by atoms with E-state index >= 15 is 0 Å². The van der Waals surface area contributed by atoms with Crippen LogP contribution in [0.4, 0.5) is 0 Å². The molecule has 0 radical (unpaired) electrons. The lowest BCUT2D eigenvalue weighted by atomic mass is 10.3. The summed E-state index contributed by atoms with van der Waals surface area (Å²) >= 11 is 0. The minimum Gasteiger partial charge on any atom is -0.479 e. The molecular formula is C7H12O8. The average Bonchev–Trinajstić information content (AvgIpc) is 2.17. The molecule has 4 N–H and O–H groups in total. The number of hydrogen-bond acceptors (Lipinski definition) is 7. The van der Waals surface area contributed by atoms with E-state index < -0.39 is 43.8 Å². The molecule has 0 aromatic carbocycles. The molecular weight excluding hydrogens is 212 g/mol. The van der Waals surface area contributed by atoms with Crippen LogP contribution in [0.25, 0.3) is 0 Å². The molecule has 0 bridgehead atoms. The molecule has 0 spiro atoms. The van der Waals surface area contributed by atoms with Crippen LogP contribution < -0.4 is 0 Å². The van der Waals surface area contributed by atoms with Gasteiger partial charge in [0.25, 0.3) is 0 Å². The number of carbonyl (C=O) groups excluding carboxylic acids is 1. The van der Waals surface area contributed by atoms with Crippen LogP contribution in [-0.2, 0) is 19.4 Å². The molecule has 88 valence electrons. The van der Waals surface area contributed by atoms with Gasteiger partial charge in [-0.15, -0.1) is 0 Å². The lowest BCUT2D eigenvalue weighted by Gasteiger charge is -2.07. The van der Waals surface area contributed by atoms with Gasteiger partial charge in [0.05, 0.1) is 13.0 Å². The first kappa shape index (κ1) is 13.8. The van der Waals surface area contributed by atoms with Gasteiger partial charge in [-0.2, -0.15) is 4.89 Å². The quantitative estimate of drug-likeness (QED) is 0.279. The molecule has 0 amide bonds. The number of aliphatic hydroxyl groups excluding tert-OH is 3. The van der Waals surface area contributed by atoms with Crippen LogP contribution in [0.2, 0.25) is 0 Å². The van der Waals surface area contributed by atoms with Gasteiger partial charge in [0.2, 0.25) is 0 Å². The van der Waals surface area contributed by atoms with E-state index in [9.17, 15) is 9.59 Å². The predicted octanol–water partition coefficient (Wildman–Crippen LogP) is -2.35. The molecule has 0 fully saturated rings. The molecule has 0 aromatic heterocycles. The molecule has 0 saturated heterocycles. The number of aliphatic carboxylic acids is 1. The molecule has 8 heteroatoms. The Kier molecular flexibility index (Phi) is 6.54. The highest BCUT2D eigenvalue weighted by molar-refractivity contribution is 5.79. The minimum atomic E-state index is -1.86. The van der Waals surface area contributed by atoms with Gasteiger partial charge >= 0.3 is 11.9 Å². The molecule has 2 unspecified atom stereocenters. The van der Waals surface area contributed by atoms with E-state index in [4.69, 9.17) is 20.4 Å². The van der Waals surface area contributed by atoms with Crippen molar-refractivity contribution in [3.8, 4) is 0 Å². The zero-order valence-corrected chi connectivity index (χ0v) is 7.70. The second-order valence-electron chi connectivity index (χ2n) is 2.63. The average molecular weight is 224 g/mol. The Labute approximate surface area is 84.6 Å². The Morgan fingerprint density at radius 1 is 1.27 bits per heavy atom. The molecule has 0 rings (SSSR count). The van der Waals surface area contributed by atoms with Crippen LogP contribution >= 0.6 is 0 Å². The molecule has 0 aliphatic rings. The van der Waals surface area contributed by atoms with Crippen LogP contribution in [0.15, 0.2) is 0 Å². The highest BCUT2D eigenvalue weighted by atomic mass is 17.2. The Morgan fingerprint density at radius 3 is 2.33 bits per heavy atom. The molecule has 0 aliphatic heterocycles. The standard InChI is InChI=1S/C7H12O8/c8-2-4(9)3-14-15-6(11)1-5(10)7(12)13/h4-5,8-10H,1-3H2,(H,12,13). The summed E-state index contributed by atoms with van der Waals surface area (Å²) in [7, 11) is 0. The number of hydrogen-bond donors (Lipinski definition) is 4. The molecule has 0 saturated carbocycles. The van der Waals surface area contributed by atoms with Crippen molar-refractivity contribution in [2.24, 2.45) is 0 Å². The van der Waals surface area contributed by atoms with Gasteiger partial charge in [-0.05, 0) is 0 Å². The SMILES string of the molecule is O=C(CC(O)C(=O)O)OOCC(O)CO. The fourth-order valence-corrected chi connectivity index (χ4v) is 0.510. The van der Waals surface area contributed by atoms with Crippen molar-refractivity contribution >= 4 is 11.9 Å². The third-order valence-corrected chi connectivity index (χ3v) is 1.27. The number of carboxylic acids is 1. The van der Waals surface area contributed by atoms with E-state index in [-0.39, 0.29) is 0 Å². The minimum absolute atomic E-state index is 0.439. The van der Waals surface area contributed by atoms with Gasteiger partial charge in [-0.3, -0.25) is 4.89 Å². The van der Waals surface area contributed by atoms with Crippen LogP contribution in [0.1, 0.15) is 6.42 Å². The first-order chi connectivity index (χ1) is 6.97. The second-order valence-corrected chi connectivity index (χ2v) is 2.63. The lowest BCUT2D eigenvalue weighted by Crippen LogP contribution is -2.26. The maximum Gasteiger partial charge on any atom is 0.345 e. The molecule has 0 heterocycles. The highest BCUT2D eigenvalue weighted by Gasteiger charge is 2.19. The van der Waals surface area contributed by atoms with E-state index in [1.807, 2.05) is 0 Å². The van der Waals surface area contributed by atoms with Crippen LogP contribution in [0.5, 0.6) is 0 Å². The monoisotopic (exact) mass is 224 g/mol. The molecule has 8 nitrogen and oxygen atoms in total. The van der Waals surface area contributed by atoms with E-state index in [1.165, 1.54) is 0 Å². The van der Waals surface area contributed by atoms with Gasteiger partial charge in [0, 0.05) is 0 Å². The van der Waals surface area contributed by atoms with E-state index in [0.29, 0.717) is 0 Å². The summed E-state index contributed by atoms with van der Waals surface area (Å²) in [6.45, 7) is -0.999. The van der Waals surface area contributed by atoms with Crippen molar-refractivity contribution in [1.29, 1.82) is 0 Å². The van der Waals surface area contributed by atoms with Gasteiger partial charge < -0.3 is 20.4 Å². The topological polar surface area (TPSA) is 134 Å². The number of carboxylic acid groups (broad SMARTS) is 1. The van der Waals surface area contributed by atoms with Gasteiger partial charge in [0.15, 0.2) is 6.10 Å². The predicted molar refractivity (Wildman–Crippen MR) is 43.4 cm³/mol. The van der Waals surface area contributed by atoms with E-state index in [2.05, 4.69) is 9.78 Å². The second kappa shape index (κ2) is 7.12. The summed E-state index contributed by atoms with van der Waals surface area (Å²) in [5.41, 5.74) is 0. The summed E-state index contributed by atoms with van der Waals surface area (Å²) in [6.07, 6.45) is -3.81. The Balaban J connectivity index is 3.62. The Morgan fingerprint density at radius 2 is 1.87 bits per heavy atom. The van der Waals surface area contributed by atoms with E-state index in [1.54, 1.807) is 0 Å². The Hall–Kier alpha value is -1.22. The number of carbonyl (C=O) groups is 2.